The summed E-state index contributed by atoms with van der Waals surface area (Å²) in [5.41, 5.74) is 5.08. The third-order valence-corrected chi connectivity index (χ3v) is 3.01. The van der Waals surface area contributed by atoms with Crippen LogP contribution >= 0.6 is 0 Å². The van der Waals surface area contributed by atoms with Crippen molar-refractivity contribution in [3.05, 3.63) is 0 Å². The van der Waals surface area contributed by atoms with Crippen molar-refractivity contribution in [1.82, 2.24) is 5.32 Å². The van der Waals surface area contributed by atoms with Crippen LogP contribution in [0.15, 0.2) is 0 Å². The van der Waals surface area contributed by atoms with Crippen LogP contribution < -0.4 is 11.1 Å². The smallest absolute Gasteiger partial charge is 0.222 e. The van der Waals surface area contributed by atoms with E-state index in [1.165, 1.54) is 0 Å². The molecule has 1 aliphatic rings. The van der Waals surface area contributed by atoms with E-state index in [9.17, 15) is 4.79 Å². The number of hydrogen-bond acceptors (Lipinski definition) is 4. The summed E-state index contributed by atoms with van der Waals surface area (Å²) in [6.45, 7) is 2.11. The molecule has 0 radical (unpaired) electrons. The Morgan fingerprint density at radius 3 is 2.69 bits per heavy atom. The molecule has 1 amide bonds. The quantitative estimate of drug-likeness (QED) is 0.577. The first kappa shape index (κ1) is 13.4. The van der Waals surface area contributed by atoms with E-state index in [0.717, 1.165) is 19.3 Å². The van der Waals surface area contributed by atoms with Gasteiger partial charge in [0.25, 0.3) is 0 Å². The predicted octanol–water partition coefficient (Wildman–Crippen LogP) is 0.0371. The number of ether oxygens (including phenoxy) is 2. The lowest BCUT2D eigenvalue weighted by Gasteiger charge is -2.39. The van der Waals surface area contributed by atoms with Crippen LogP contribution in [0.2, 0.25) is 0 Å². The van der Waals surface area contributed by atoms with E-state index in [-0.39, 0.29) is 11.5 Å². The summed E-state index contributed by atoms with van der Waals surface area (Å²) < 4.78 is 10.5. The molecule has 1 fully saturated rings. The molecule has 16 heavy (non-hydrogen) atoms. The molecule has 1 aliphatic carbocycles. The average Bonchev–Trinajstić information content (AvgIpc) is 2.23. The van der Waals surface area contributed by atoms with Crippen molar-refractivity contribution in [3.8, 4) is 0 Å². The molecule has 3 N–H and O–H groups in total. The zero-order chi connectivity index (χ0) is 11.9. The third-order valence-electron chi connectivity index (χ3n) is 3.01. The zero-order valence-corrected chi connectivity index (χ0v) is 9.96. The van der Waals surface area contributed by atoms with Gasteiger partial charge in [-0.2, -0.15) is 0 Å². The summed E-state index contributed by atoms with van der Waals surface area (Å²) in [4.78, 5) is 11.6. The molecule has 0 heterocycles. The van der Waals surface area contributed by atoms with E-state index in [4.69, 9.17) is 15.2 Å². The van der Waals surface area contributed by atoms with E-state index in [1.54, 1.807) is 7.11 Å². The van der Waals surface area contributed by atoms with Crippen LogP contribution in [-0.4, -0.2) is 44.9 Å². The number of rotatable bonds is 8. The van der Waals surface area contributed by atoms with Crippen molar-refractivity contribution in [1.29, 1.82) is 0 Å². The van der Waals surface area contributed by atoms with E-state index in [0.29, 0.717) is 32.7 Å². The van der Waals surface area contributed by atoms with Gasteiger partial charge in [-0.1, -0.05) is 0 Å². The minimum atomic E-state index is -0.192. The lowest BCUT2D eigenvalue weighted by Crippen LogP contribution is -2.44. The maximum atomic E-state index is 11.6. The third kappa shape index (κ3) is 4.08. The molecule has 0 saturated heterocycles. The summed E-state index contributed by atoms with van der Waals surface area (Å²) in [5.74, 6) is 0.0397. The second-order valence-corrected chi connectivity index (χ2v) is 4.17. The summed E-state index contributed by atoms with van der Waals surface area (Å²) in [6.07, 6.45) is 3.59. The second-order valence-electron chi connectivity index (χ2n) is 4.17. The van der Waals surface area contributed by atoms with Crippen LogP contribution in [0.5, 0.6) is 0 Å². The summed E-state index contributed by atoms with van der Waals surface area (Å²) in [7, 11) is 1.68. The molecule has 5 nitrogen and oxygen atoms in total. The number of carbonyl (C=O) groups excluding carboxylic acids is 1. The Labute approximate surface area is 96.7 Å². The lowest BCUT2D eigenvalue weighted by atomic mass is 9.77. The number of hydrogen-bond donors (Lipinski definition) is 2. The number of nitrogens with two attached hydrogens (primary N) is 1. The van der Waals surface area contributed by atoms with Gasteiger partial charge in [-0.05, 0) is 19.3 Å². The Morgan fingerprint density at radius 2 is 2.19 bits per heavy atom. The van der Waals surface area contributed by atoms with Crippen molar-refractivity contribution < 1.29 is 14.3 Å². The maximum Gasteiger partial charge on any atom is 0.222 e. The van der Waals surface area contributed by atoms with Crippen molar-refractivity contribution in [2.45, 2.75) is 31.3 Å². The molecule has 0 aromatic heterocycles. The van der Waals surface area contributed by atoms with Crippen LogP contribution in [0.1, 0.15) is 25.7 Å². The number of nitrogens with one attached hydrogen (secondary N) is 1. The number of methoxy groups -OCH3 is 1. The van der Waals surface area contributed by atoms with Gasteiger partial charge in [0.15, 0.2) is 0 Å². The first-order chi connectivity index (χ1) is 7.72. The number of carbonyl (C=O) groups is 1. The van der Waals surface area contributed by atoms with Crippen molar-refractivity contribution in [2.24, 2.45) is 5.73 Å². The summed E-state index contributed by atoms with van der Waals surface area (Å²) in [5, 5.41) is 2.82. The fourth-order valence-electron chi connectivity index (χ4n) is 1.83. The van der Waals surface area contributed by atoms with Crippen LogP contribution in [0, 0.1) is 0 Å². The highest BCUT2D eigenvalue weighted by molar-refractivity contribution is 5.77. The highest BCUT2D eigenvalue weighted by Crippen LogP contribution is 2.37. The fourth-order valence-corrected chi connectivity index (χ4v) is 1.83. The Morgan fingerprint density at radius 1 is 1.44 bits per heavy atom. The number of amides is 1. The molecule has 1 saturated carbocycles. The molecule has 5 heteroatoms. The molecule has 0 aromatic carbocycles. The molecule has 1 rings (SSSR count). The minimum Gasteiger partial charge on any atom is -0.378 e. The fraction of sp³-hybridized carbons (Fsp3) is 0.909. The summed E-state index contributed by atoms with van der Waals surface area (Å²) in [6, 6.07) is 0. The van der Waals surface area contributed by atoms with Gasteiger partial charge in [0.05, 0.1) is 25.2 Å². The largest absolute Gasteiger partial charge is 0.378 e. The normalized spacial score (nSPS) is 17.9. The van der Waals surface area contributed by atoms with Crippen molar-refractivity contribution in [3.63, 3.8) is 0 Å². The lowest BCUT2D eigenvalue weighted by molar-refractivity contribution is -0.134. The van der Waals surface area contributed by atoms with E-state index in [1.807, 2.05) is 0 Å². The van der Waals surface area contributed by atoms with Crippen LogP contribution in [0.4, 0.5) is 0 Å². The SMILES string of the molecule is COC1(CC(=O)NCCOCCN)CCC1. The second kappa shape index (κ2) is 6.83. The Balaban J connectivity index is 2.06. The predicted molar refractivity (Wildman–Crippen MR) is 61.1 cm³/mol. The Bertz CT molecular complexity index is 212. The van der Waals surface area contributed by atoms with E-state index in [2.05, 4.69) is 5.32 Å². The topological polar surface area (TPSA) is 73.6 Å². The molecule has 0 spiro atoms. The van der Waals surface area contributed by atoms with Crippen LogP contribution in [0.3, 0.4) is 0 Å². The van der Waals surface area contributed by atoms with Gasteiger partial charge in [-0.15, -0.1) is 0 Å². The molecule has 0 bridgehead atoms. The zero-order valence-electron chi connectivity index (χ0n) is 9.96. The Kier molecular flexibility index (Phi) is 5.73. The van der Waals surface area contributed by atoms with Gasteiger partial charge in [0, 0.05) is 20.2 Å². The van der Waals surface area contributed by atoms with E-state index >= 15 is 0 Å². The van der Waals surface area contributed by atoms with Gasteiger partial charge in [0.1, 0.15) is 0 Å². The molecule has 0 atom stereocenters. The molecule has 0 unspecified atom stereocenters. The molecule has 0 aromatic rings. The Hall–Kier alpha value is -0.650. The van der Waals surface area contributed by atoms with Crippen LogP contribution in [0.25, 0.3) is 0 Å². The average molecular weight is 230 g/mol. The van der Waals surface area contributed by atoms with Crippen LogP contribution in [-0.2, 0) is 14.3 Å². The van der Waals surface area contributed by atoms with Crippen molar-refractivity contribution >= 4 is 5.91 Å². The highest BCUT2D eigenvalue weighted by Gasteiger charge is 2.38. The standard InChI is InChI=1S/C11H22N2O3/c1-15-11(3-2-4-11)9-10(14)13-6-8-16-7-5-12/h2-9,12H2,1H3,(H,13,14). The van der Waals surface area contributed by atoms with Crippen molar-refractivity contribution in [2.75, 3.05) is 33.4 Å². The first-order valence-corrected chi connectivity index (χ1v) is 5.82. The molecular weight excluding hydrogens is 208 g/mol. The van der Waals surface area contributed by atoms with Gasteiger partial charge in [-0.25, -0.2) is 0 Å². The molecular formula is C11H22N2O3. The molecule has 0 aliphatic heterocycles. The minimum absolute atomic E-state index is 0.0397. The first-order valence-electron chi connectivity index (χ1n) is 5.82. The molecule has 94 valence electrons. The van der Waals surface area contributed by atoms with E-state index < -0.39 is 0 Å². The van der Waals surface area contributed by atoms with Gasteiger partial charge in [0.2, 0.25) is 5.91 Å². The maximum absolute atomic E-state index is 11.6. The van der Waals surface area contributed by atoms with Gasteiger partial charge >= 0.3 is 0 Å². The monoisotopic (exact) mass is 230 g/mol. The van der Waals surface area contributed by atoms with Gasteiger partial charge < -0.3 is 20.5 Å². The highest BCUT2D eigenvalue weighted by atomic mass is 16.5. The summed E-state index contributed by atoms with van der Waals surface area (Å²) >= 11 is 0. The van der Waals surface area contributed by atoms with Gasteiger partial charge in [-0.3, -0.25) is 4.79 Å².